The maximum atomic E-state index is 13.7. The Balaban J connectivity index is 0.00000370. The summed E-state index contributed by atoms with van der Waals surface area (Å²) in [7, 11) is 0. The van der Waals surface area contributed by atoms with Crippen molar-refractivity contribution in [1.82, 2.24) is 10.3 Å². The molecule has 2 atom stereocenters. The number of aromatic nitrogens is 1. The number of benzene rings is 2. The van der Waals surface area contributed by atoms with Crippen molar-refractivity contribution in [3.05, 3.63) is 95.1 Å². The number of anilines is 1. The van der Waals surface area contributed by atoms with E-state index in [0.29, 0.717) is 41.6 Å². The maximum Gasteiger partial charge on any atom is 0.280 e. The Kier molecular flexibility index (Phi) is 9.67. The van der Waals surface area contributed by atoms with Crippen LogP contribution < -0.4 is 20.7 Å². The van der Waals surface area contributed by atoms with Crippen molar-refractivity contribution in [2.45, 2.75) is 38.6 Å². The number of aliphatic imine (C=N–C) groups is 1. The highest BCUT2D eigenvalue weighted by Crippen LogP contribution is 2.33. The maximum absolute atomic E-state index is 13.7. The summed E-state index contributed by atoms with van der Waals surface area (Å²) in [6.45, 7) is 3.81. The second-order valence-corrected chi connectivity index (χ2v) is 9.45. The van der Waals surface area contributed by atoms with Gasteiger partial charge in [0.15, 0.2) is 6.29 Å². The fraction of sp³-hybridized carbons (Fsp3) is 0.310. The zero-order valence-electron chi connectivity index (χ0n) is 21.9. The van der Waals surface area contributed by atoms with E-state index in [1.807, 2.05) is 24.3 Å². The first-order valence-electron chi connectivity index (χ1n) is 12.8. The number of pyridine rings is 1. The van der Waals surface area contributed by atoms with Crippen molar-refractivity contribution in [2.75, 3.05) is 24.6 Å². The van der Waals surface area contributed by atoms with Gasteiger partial charge in [0.1, 0.15) is 23.4 Å². The number of halogens is 4. The molecular formula is C29H31ClF3N5O2. The molecule has 2 aliphatic rings. The molecule has 0 amide bonds. The number of ether oxygens (including phenoxy) is 2. The van der Waals surface area contributed by atoms with Crippen LogP contribution in [0.1, 0.15) is 35.4 Å². The molecule has 2 aromatic carbocycles. The van der Waals surface area contributed by atoms with E-state index in [1.54, 1.807) is 36.1 Å². The van der Waals surface area contributed by atoms with Crippen LogP contribution in [0.5, 0.6) is 5.75 Å². The normalized spacial score (nSPS) is 18.7. The molecule has 0 aliphatic carbocycles. The van der Waals surface area contributed by atoms with Crippen molar-refractivity contribution < 1.29 is 22.6 Å². The van der Waals surface area contributed by atoms with E-state index in [-0.39, 0.29) is 24.2 Å². The van der Waals surface area contributed by atoms with E-state index in [1.165, 1.54) is 18.2 Å². The zero-order chi connectivity index (χ0) is 27.4. The Morgan fingerprint density at radius 1 is 1.10 bits per heavy atom. The van der Waals surface area contributed by atoms with Gasteiger partial charge in [0.25, 0.3) is 6.43 Å². The topological polar surface area (TPSA) is 85.0 Å². The molecule has 11 heteroatoms. The number of nitrogens with two attached hydrogens (primary N) is 1. The molecule has 0 bridgehead atoms. The van der Waals surface area contributed by atoms with Gasteiger partial charge >= 0.3 is 0 Å². The molecule has 5 rings (SSSR count). The van der Waals surface area contributed by atoms with Crippen LogP contribution in [-0.4, -0.2) is 43.0 Å². The summed E-state index contributed by atoms with van der Waals surface area (Å²) in [5.41, 5.74) is 9.12. The molecule has 7 nitrogen and oxygen atoms in total. The van der Waals surface area contributed by atoms with Crippen LogP contribution in [-0.2, 0) is 11.2 Å². The predicted octanol–water partition coefficient (Wildman–Crippen LogP) is 5.39. The fourth-order valence-corrected chi connectivity index (χ4v) is 4.62. The van der Waals surface area contributed by atoms with E-state index in [0.717, 1.165) is 30.8 Å². The molecule has 3 heterocycles. The summed E-state index contributed by atoms with van der Waals surface area (Å²) in [5.74, 6) is 0.739. The zero-order valence-corrected chi connectivity index (χ0v) is 22.7. The largest absolute Gasteiger partial charge is 0.489 e. The van der Waals surface area contributed by atoms with E-state index in [2.05, 4.69) is 15.3 Å². The van der Waals surface area contributed by atoms with E-state index in [9.17, 15) is 13.2 Å². The van der Waals surface area contributed by atoms with Gasteiger partial charge in [-0.3, -0.25) is 10.7 Å². The fourth-order valence-electron chi connectivity index (χ4n) is 4.62. The molecule has 1 aromatic heterocycles. The lowest BCUT2D eigenvalue weighted by Gasteiger charge is -2.34. The summed E-state index contributed by atoms with van der Waals surface area (Å²) >= 11 is 0. The predicted molar refractivity (Wildman–Crippen MR) is 151 cm³/mol. The highest BCUT2D eigenvalue weighted by molar-refractivity contribution is 6.00. The summed E-state index contributed by atoms with van der Waals surface area (Å²) < 4.78 is 52.6. The van der Waals surface area contributed by atoms with Crippen molar-refractivity contribution in [3.63, 3.8) is 0 Å². The summed E-state index contributed by atoms with van der Waals surface area (Å²) in [6, 6.07) is 16.7. The molecule has 1 saturated heterocycles. The Morgan fingerprint density at radius 3 is 2.52 bits per heavy atom. The third-order valence-electron chi connectivity index (χ3n) is 6.53. The highest BCUT2D eigenvalue weighted by Gasteiger charge is 2.27. The van der Waals surface area contributed by atoms with Gasteiger partial charge in [0.05, 0.1) is 12.3 Å². The van der Waals surface area contributed by atoms with Crippen molar-refractivity contribution in [1.29, 1.82) is 0 Å². The van der Waals surface area contributed by atoms with Gasteiger partial charge in [-0.2, -0.15) is 0 Å². The number of aryl methyl sites for hydroxylation is 1. The van der Waals surface area contributed by atoms with Crippen LogP contribution in [0.3, 0.4) is 0 Å². The lowest BCUT2D eigenvalue weighted by Crippen LogP contribution is -2.43. The van der Waals surface area contributed by atoms with E-state index >= 15 is 0 Å². The average molecular weight is 574 g/mol. The highest BCUT2D eigenvalue weighted by atomic mass is 35.5. The van der Waals surface area contributed by atoms with Crippen LogP contribution in [0.25, 0.3) is 5.70 Å². The smallest absolute Gasteiger partial charge is 0.280 e. The van der Waals surface area contributed by atoms with Gasteiger partial charge in [-0.05, 0) is 79.5 Å². The third-order valence-corrected chi connectivity index (χ3v) is 6.53. The summed E-state index contributed by atoms with van der Waals surface area (Å²) in [5, 5.41) is 3.28. The molecule has 1 fully saturated rings. The summed E-state index contributed by atoms with van der Waals surface area (Å²) in [4.78, 5) is 9.98. The number of alkyl halides is 2. The van der Waals surface area contributed by atoms with Crippen LogP contribution in [0.15, 0.2) is 71.7 Å². The lowest BCUT2D eigenvalue weighted by atomic mass is 10.1. The Morgan fingerprint density at radius 2 is 1.85 bits per heavy atom. The molecule has 3 N–H and O–H groups in total. The van der Waals surface area contributed by atoms with Gasteiger partial charge in [0.2, 0.25) is 5.90 Å². The molecule has 0 saturated carbocycles. The van der Waals surface area contributed by atoms with Crippen LogP contribution in [0.4, 0.5) is 18.9 Å². The molecule has 40 heavy (non-hydrogen) atoms. The molecule has 0 spiro atoms. The number of rotatable bonds is 8. The monoisotopic (exact) mass is 573 g/mol. The lowest BCUT2D eigenvalue weighted by molar-refractivity contribution is 0.146. The van der Waals surface area contributed by atoms with Crippen molar-refractivity contribution in [3.8, 4) is 5.75 Å². The van der Waals surface area contributed by atoms with Crippen LogP contribution in [0.2, 0.25) is 0 Å². The van der Waals surface area contributed by atoms with Gasteiger partial charge < -0.3 is 19.7 Å². The van der Waals surface area contributed by atoms with Crippen molar-refractivity contribution >= 4 is 29.7 Å². The Hall–Kier alpha value is -3.60. The number of nitrogens with one attached hydrogen (secondary N) is 1. The second-order valence-electron chi connectivity index (χ2n) is 9.45. The Bertz CT molecular complexity index is 1350. The first kappa shape index (κ1) is 29.4. The van der Waals surface area contributed by atoms with Crippen molar-refractivity contribution in [2.24, 2.45) is 10.7 Å². The molecule has 3 aromatic rings. The molecule has 0 radical (unpaired) electrons. The number of hydrogen-bond donors (Lipinski definition) is 2. The second kappa shape index (κ2) is 13.2. The van der Waals surface area contributed by atoms with Gasteiger partial charge in [0, 0.05) is 30.4 Å². The minimum Gasteiger partial charge on any atom is -0.489 e. The third kappa shape index (κ3) is 7.12. The van der Waals surface area contributed by atoms with Gasteiger partial charge in [-0.25, -0.2) is 18.2 Å². The SMILES string of the molecule is Cc1cc(N2C(c3ccc(F)cc3)=CC(OCCc3ccc(OC4CCNC4)cc3)=NC2N)cc(C(F)F)n1.Cl. The summed E-state index contributed by atoms with van der Waals surface area (Å²) in [6.07, 6.45) is -0.193. The van der Waals surface area contributed by atoms with E-state index < -0.39 is 18.5 Å². The van der Waals surface area contributed by atoms with Crippen LogP contribution >= 0.6 is 12.4 Å². The standard InChI is InChI=1S/C29H30F3N5O2.ClH/c1-18-14-22(15-25(35-18)28(31)32)37-26(20-4-6-21(30)7-5-20)16-27(36-29(37)33)38-13-11-19-2-8-23(9-3-19)39-24-10-12-34-17-24;/h2-9,14-16,24,28-29,34H,10-13,17,33H2,1H3;1H. The number of nitrogens with zero attached hydrogens (tertiary/aromatic N) is 3. The molecular weight excluding hydrogens is 543 g/mol. The average Bonchev–Trinajstić information content (AvgIpc) is 3.42. The van der Waals surface area contributed by atoms with Gasteiger partial charge in [-0.15, -0.1) is 12.4 Å². The first-order chi connectivity index (χ1) is 18.9. The van der Waals surface area contributed by atoms with E-state index in [4.69, 9.17) is 15.2 Å². The first-order valence-corrected chi connectivity index (χ1v) is 12.8. The molecule has 2 aliphatic heterocycles. The Labute approximate surface area is 237 Å². The molecule has 212 valence electrons. The number of hydrogen-bond acceptors (Lipinski definition) is 7. The van der Waals surface area contributed by atoms with Crippen LogP contribution in [0, 0.1) is 12.7 Å². The minimum atomic E-state index is -2.74. The minimum absolute atomic E-state index is 0. The van der Waals surface area contributed by atoms with Gasteiger partial charge in [-0.1, -0.05) is 12.1 Å². The quantitative estimate of drug-likeness (QED) is 0.376. The molecule has 2 unspecified atom stereocenters.